The van der Waals surface area contributed by atoms with Crippen LogP contribution in [0.25, 0.3) is 0 Å². The summed E-state index contributed by atoms with van der Waals surface area (Å²) in [5.74, 6) is 1.41. The minimum Gasteiger partial charge on any atom is -0.497 e. The predicted molar refractivity (Wildman–Crippen MR) is 117 cm³/mol. The number of hydrogen-bond donors (Lipinski definition) is 0. The van der Waals surface area contributed by atoms with Gasteiger partial charge < -0.3 is 19.1 Å². The predicted octanol–water partition coefficient (Wildman–Crippen LogP) is 3.59. The van der Waals surface area contributed by atoms with Gasteiger partial charge in [-0.1, -0.05) is 12.1 Å². The molecule has 6 nitrogen and oxygen atoms in total. The zero-order chi connectivity index (χ0) is 21.7. The van der Waals surface area contributed by atoms with Crippen LogP contribution >= 0.6 is 0 Å². The summed E-state index contributed by atoms with van der Waals surface area (Å²) in [4.78, 5) is 17.0. The number of methoxy groups -OCH3 is 2. The second-order valence-corrected chi connectivity index (χ2v) is 7.99. The van der Waals surface area contributed by atoms with Crippen molar-refractivity contribution in [1.82, 2.24) is 9.80 Å². The first-order valence-electron chi connectivity index (χ1n) is 10.3. The van der Waals surface area contributed by atoms with Crippen molar-refractivity contribution in [2.24, 2.45) is 0 Å². The maximum atomic E-state index is 12.9. The Bertz CT molecular complexity index is 843. The highest BCUT2D eigenvalue weighted by molar-refractivity contribution is 5.94. The van der Waals surface area contributed by atoms with Gasteiger partial charge in [0.15, 0.2) is 0 Å². The van der Waals surface area contributed by atoms with Gasteiger partial charge in [-0.15, -0.1) is 0 Å². The Kier molecular flexibility index (Phi) is 7.34. The van der Waals surface area contributed by atoms with Crippen molar-refractivity contribution in [3.63, 3.8) is 0 Å². The highest BCUT2D eigenvalue weighted by Gasteiger charge is 2.22. The van der Waals surface area contributed by atoms with Gasteiger partial charge in [0.25, 0.3) is 5.91 Å². The molecule has 0 N–H and O–H groups in total. The molecule has 2 unspecified atom stereocenters. The first-order valence-corrected chi connectivity index (χ1v) is 10.3. The van der Waals surface area contributed by atoms with Gasteiger partial charge in [-0.05, 0) is 43.7 Å². The second-order valence-electron chi connectivity index (χ2n) is 7.99. The first kappa shape index (κ1) is 22.1. The molecule has 162 valence electrons. The van der Waals surface area contributed by atoms with E-state index in [0.29, 0.717) is 17.9 Å². The number of ether oxygens (including phenoxy) is 3. The van der Waals surface area contributed by atoms with Crippen molar-refractivity contribution in [2.45, 2.75) is 39.1 Å². The summed E-state index contributed by atoms with van der Waals surface area (Å²) in [5.41, 5.74) is 2.81. The normalized spacial score (nSPS) is 19.4. The average Bonchev–Trinajstić information content (AvgIpc) is 2.73. The van der Waals surface area contributed by atoms with E-state index in [9.17, 15) is 4.79 Å². The Balaban J connectivity index is 1.62. The van der Waals surface area contributed by atoms with E-state index in [4.69, 9.17) is 14.2 Å². The van der Waals surface area contributed by atoms with E-state index in [1.54, 1.807) is 26.2 Å². The monoisotopic (exact) mass is 412 g/mol. The molecule has 1 aliphatic heterocycles. The Hall–Kier alpha value is -2.57. The van der Waals surface area contributed by atoms with Gasteiger partial charge in [-0.25, -0.2) is 0 Å². The number of rotatable bonds is 7. The molecule has 1 saturated heterocycles. The molecule has 0 aliphatic carbocycles. The summed E-state index contributed by atoms with van der Waals surface area (Å²) >= 11 is 0. The van der Waals surface area contributed by atoms with E-state index in [1.165, 1.54) is 5.56 Å². The number of nitrogens with zero attached hydrogens (tertiary/aromatic N) is 2. The van der Waals surface area contributed by atoms with Crippen LogP contribution in [0.1, 0.15) is 35.3 Å². The van der Waals surface area contributed by atoms with Gasteiger partial charge in [0.05, 0.1) is 26.4 Å². The molecule has 1 aliphatic rings. The number of carbonyl (C=O) groups is 1. The summed E-state index contributed by atoms with van der Waals surface area (Å²) in [6.07, 6.45) is 0.497. The third kappa shape index (κ3) is 5.52. The van der Waals surface area contributed by atoms with Crippen LogP contribution in [0.4, 0.5) is 0 Å². The molecule has 2 aromatic carbocycles. The molecule has 1 amide bonds. The lowest BCUT2D eigenvalue weighted by atomic mass is 10.1. The van der Waals surface area contributed by atoms with Crippen LogP contribution in [-0.2, 0) is 17.8 Å². The Morgan fingerprint density at radius 1 is 1.07 bits per heavy atom. The molecule has 2 aromatic rings. The molecule has 1 fully saturated rings. The fourth-order valence-corrected chi connectivity index (χ4v) is 3.95. The summed E-state index contributed by atoms with van der Waals surface area (Å²) in [5, 5.41) is 0. The van der Waals surface area contributed by atoms with Crippen molar-refractivity contribution in [3.05, 3.63) is 59.2 Å². The second kappa shape index (κ2) is 9.96. The zero-order valence-electron chi connectivity index (χ0n) is 18.6. The Labute approximate surface area is 179 Å². The quantitative estimate of drug-likeness (QED) is 0.696. The number of hydrogen-bond acceptors (Lipinski definition) is 5. The van der Waals surface area contributed by atoms with E-state index >= 15 is 0 Å². The average molecular weight is 413 g/mol. The summed E-state index contributed by atoms with van der Waals surface area (Å²) in [7, 11) is 5.04. The van der Waals surface area contributed by atoms with E-state index < -0.39 is 0 Å². The van der Waals surface area contributed by atoms with Crippen molar-refractivity contribution in [3.8, 4) is 11.5 Å². The van der Waals surface area contributed by atoms with Crippen molar-refractivity contribution in [1.29, 1.82) is 0 Å². The van der Waals surface area contributed by atoms with Crippen LogP contribution in [0, 0.1) is 0 Å². The molecule has 30 heavy (non-hydrogen) atoms. The van der Waals surface area contributed by atoms with Gasteiger partial charge in [0.1, 0.15) is 11.5 Å². The number of benzene rings is 2. The summed E-state index contributed by atoms with van der Waals surface area (Å²) in [6.45, 7) is 7.40. The Morgan fingerprint density at radius 2 is 1.73 bits per heavy atom. The molecule has 0 bridgehead atoms. The maximum absolute atomic E-state index is 12.9. The number of carbonyl (C=O) groups excluding carboxylic acids is 1. The lowest BCUT2D eigenvalue weighted by Crippen LogP contribution is -2.44. The molecule has 0 spiro atoms. The van der Waals surface area contributed by atoms with E-state index in [0.717, 1.165) is 30.9 Å². The maximum Gasteiger partial charge on any atom is 0.253 e. The van der Waals surface area contributed by atoms with Crippen LogP contribution in [0.5, 0.6) is 11.5 Å². The van der Waals surface area contributed by atoms with Gasteiger partial charge in [0.2, 0.25) is 0 Å². The number of morpholine rings is 1. The van der Waals surface area contributed by atoms with E-state index in [-0.39, 0.29) is 18.1 Å². The van der Waals surface area contributed by atoms with Crippen LogP contribution in [0.3, 0.4) is 0 Å². The van der Waals surface area contributed by atoms with Crippen molar-refractivity contribution < 1.29 is 19.0 Å². The largest absolute Gasteiger partial charge is 0.497 e. The minimum atomic E-state index is -0.0203. The van der Waals surface area contributed by atoms with Gasteiger partial charge in [-0.3, -0.25) is 9.69 Å². The van der Waals surface area contributed by atoms with Crippen LogP contribution in [0.2, 0.25) is 0 Å². The molecule has 1 heterocycles. The fraction of sp³-hybridized carbons (Fsp3) is 0.458. The van der Waals surface area contributed by atoms with Gasteiger partial charge in [-0.2, -0.15) is 0 Å². The highest BCUT2D eigenvalue weighted by Crippen LogP contribution is 2.26. The van der Waals surface area contributed by atoms with Crippen molar-refractivity contribution >= 4 is 5.91 Å². The molecule has 0 saturated carbocycles. The molecular formula is C24H32N2O4. The van der Waals surface area contributed by atoms with Crippen molar-refractivity contribution in [2.75, 3.05) is 34.4 Å². The topological polar surface area (TPSA) is 51.2 Å². The molecular weight excluding hydrogens is 380 g/mol. The number of amides is 1. The molecule has 3 rings (SSSR count). The highest BCUT2D eigenvalue weighted by atomic mass is 16.5. The molecule has 0 radical (unpaired) electrons. The summed E-state index contributed by atoms with van der Waals surface area (Å²) in [6, 6.07) is 13.5. The standard InChI is InChI=1S/C24H32N2O4/c1-17-13-26(14-18(2)30-17)15-19-6-8-20(9-7-19)24(27)25(3)16-21-10-11-22(28-4)12-23(21)29-5/h6-12,17-18H,13-16H2,1-5H3. The van der Waals surface area contributed by atoms with Crippen LogP contribution in [0.15, 0.2) is 42.5 Å². The van der Waals surface area contributed by atoms with Crippen LogP contribution in [-0.4, -0.2) is 62.3 Å². The lowest BCUT2D eigenvalue weighted by Gasteiger charge is -2.35. The SMILES string of the molecule is COc1ccc(CN(C)C(=O)c2ccc(CN3CC(C)OC(C)C3)cc2)c(OC)c1. The fourth-order valence-electron chi connectivity index (χ4n) is 3.95. The van der Waals surface area contributed by atoms with Gasteiger partial charge >= 0.3 is 0 Å². The van der Waals surface area contributed by atoms with E-state index in [1.807, 2.05) is 42.5 Å². The van der Waals surface area contributed by atoms with Crippen LogP contribution < -0.4 is 9.47 Å². The minimum absolute atomic E-state index is 0.0203. The first-order chi connectivity index (χ1) is 14.4. The third-order valence-corrected chi connectivity index (χ3v) is 5.35. The lowest BCUT2D eigenvalue weighted by molar-refractivity contribution is -0.0704. The Morgan fingerprint density at radius 3 is 2.33 bits per heavy atom. The zero-order valence-corrected chi connectivity index (χ0v) is 18.6. The smallest absolute Gasteiger partial charge is 0.253 e. The molecule has 2 atom stereocenters. The molecule has 6 heteroatoms. The summed E-state index contributed by atoms with van der Waals surface area (Å²) < 4.78 is 16.5. The molecule has 0 aromatic heterocycles. The van der Waals surface area contributed by atoms with E-state index in [2.05, 4.69) is 18.7 Å². The van der Waals surface area contributed by atoms with Gasteiger partial charge in [0, 0.05) is 50.4 Å². The third-order valence-electron chi connectivity index (χ3n) is 5.35.